The van der Waals surface area contributed by atoms with E-state index >= 15 is 0 Å². The molecule has 0 aliphatic heterocycles. The fraction of sp³-hybridized carbons (Fsp3) is 0.667. The standard InChI is InChI=1S/C18H29NO/c1-14(2)20-17-9-5-15(6-10-17)11-12-18(3,4)13-19-16-7-8-16/h5-6,9-10,14,16,19H,7-8,11-13H2,1-4H3. The predicted molar refractivity (Wildman–Crippen MR) is 85.3 cm³/mol. The van der Waals surface area contributed by atoms with Gasteiger partial charge in [-0.05, 0) is 62.6 Å². The molecule has 1 aliphatic carbocycles. The number of hydrogen-bond donors (Lipinski definition) is 1. The Bertz CT molecular complexity index is 404. The zero-order valence-corrected chi connectivity index (χ0v) is 13.4. The summed E-state index contributed by atoms with van der Waals surface area (Å²) < 4.78 is 5.68. The van der Waals surface area contributed by atoms with Gasteiger partial charge in [0.2, 0.25) is 0 Å². The molecule has 20 heavy (non-hydrogen) atoms. The zero-order chi connectivity index (χ0) is 14.6. The molecule has 2 nitrogen and oxygen atoms in total. The first kappa shape index (κ1) is 15.4. The number of ether oxygens (including phenoxy) is 1. The SMILES string of the molecule is CC(C)Oc1ccc(CCC(C)(C)CNC2CC2)cc1. The summed E-state index contributed by atoms with van der Waals surface area (Å²) in [4.78, 5) is 0. The van der Waals surface area contributed by atoms with Crippen LogP contribution in [-0.2, 0) is 6.42 Å². The fourth-order valence-electron chi connectivity index (χ4n) is 2.29. The molecule has 1 saturated carbocycles. The zero-order valence-electron chi connectivity index (χ0n) is 13.4. The van der Waals surface area contributed by atoms with Crippen molar-refractivity contribution in [2.75, 3.05) is 6.54 Å². The van der Waals surface area contributed by atoms with Crippen LogP contribution in [0.1, 0.15) is 52.5 Å². The van der Waals surface area contributed by atoms with E-state index in [1.165, 1.54) is 24.8 Å². The Morgan fingerprint density at radius 1 is 1.20 bits per heavy atom. The Morgan fingerprint density at radius 3 is 2.40 bits per heavy atom. The van der Waals surface area contributed by atoms with Crippen LogP contribution < -0.4 is 10.1 Å². The van der Waals surface area contributed by atoms with Gasteiger partial charge in [-0.2, -0.15) is 0 Å². The Balaban J connectivity index is 1.77. The molecule has 1 aliphatic rings. The van der Waals surface area contributed by atoms with Crippen LogP contribution in [0.2, 0.25) is 0 Å². The average Bonchev–Trinajstić information content (AvgIpc) is 3.19. The first-order valence-electron chi connectivity index (χ1n) is 7.94. The molecule has 0 bridgehead atoms. The van der Waals surface area contributed by atoms with Crippen LogP contribution >= 0.6 is 0 Å². The lowest BCUT2D eigenvalue weighted by Gasteiger charge is -2.25. The lowest BCUT2D eigenvalue weighted by Crippen LogP contribution is -2.31. The minimum atomic E-state index is 0.244. The highest BCUT2D eigenvalue weighted by Gasteiger charge is 2.24. The summed E-state index contributed by atoms with van der Waals surface area (Å²) in [7, 11) is 0. The molecule has 2 rings (SSSR count). The molecule has 1 aromatic carbocycles. The molecule has 0 heterocycles. The molecule has 1 aromatic rings. The minimum Gasteiger partial charge on any atom is -0.491 e. The first-order chi connectivity index (χ1) is 9.44. The minimum absolute atomic E-state index is 0.244. The second-order valence-corrected chi connectivity index (χ2v) is 7.13. The van der Waals surface area contributed by atoms with Crippen molar-refractivity contribution in [2.24, 2.45) is 5.41 Å². The van der Waals surface area contributed by atoms with Gasteiger partial charge in [0.25, 0.3) is 0 Å². The van der Waals surface area contributed by atoms with Crippen LogP contribution in [0.15, 0.2) is 24.3 Å². The molecule has 0 amide bonds. The molecule has 1 fully saturated rings. The lowest BCUT2D eigenvalue weighted by atomic mass is 9.86. The van der Waals surface area contributed by atoms with Crippen molar-refractivity contribution in [3.63, 3.8) is 0 Å². The summed E-state index contributed by atoms with van der Waals surface area (Å²) in [6, 6.07) is 9.38. The van der Waals surface area contributed by atoms with Crippen LogP contribution in [0.25, 0.3) is 0 Å². The Labute approximate surface area is 123 Å². The second-order valence-electron chi connectivity index (χ2n) is 7.13. The number of rotatable bonds is 8. The molecular weight excluding hydrogens is 246 g/mol. The van der Waals surface area contributed by atoms with Gasteiger partial charge in [0.15, 0.2) is 0 Å². The maximum absolute atomic E-state index is 5.68. The molecule has 0 unspecified atom stereocenters. The van der Waals surface area contributed by atoms with Gasteiger partial charge in [-0.15, -0.1) is 0 Å². The monoisotopic (exact) mass is 275 g/mol. The van der Waals surface area contributed by atoms with Crippen molar-refractivity contribution < 1.29 is 4.74 Å². The van der Waals surface area contributed by atoms with E-state index in [9.17, 15) is 0 Å². The highest BCUT2D eigenvalue weighted by molar-refractivity contribution is 5.27. The van der Waals surface area contributed by atoms with E-state index in [0.717, 1.165) is 24.8 Å². The van der Waals surface area contributed by atoms with Gasteiger partial charge in [-0.1, -0.05) is 26.0 Å². The van der Waals surface area contributed by atoms with Gasteiger partial charge in [-0.25, -0.2) is 0 Å². The maximum Gasteiger partial charge on any atom is 0.119 e. The number of nitrogens with one attached hydrogen (secondary N) is 1. The molecule has 112 valence electrons. The van der Waals surface area contributed by atoms with E-state index in [4.69, 9.17) is 4.74 Å². The van der Waals surface area contributed by atoms with Crippen LogP contribution in [0.3, 0.4) is 0 Å². The van der Waals surface area contributed by atoms with Gasteiger partial charge in [0.1, 0.15) is 5.75 Å². The number of aryl methyl sites for hydroxylation is 1. The van der Waals surface area contributed by atoms with Crippen molar-refractivity contribution in [2.45, 2.75) is 65.5 Å². The third-order valence-electron chi connectivity index (χ3n) is 3.83. The first-order valence-corrected chi connectivity index (χ1v) is 7.94. The molecule has 0 spiro atoms. The third-order valence-corrected chi connectivity index (χ3v) is 3.83. The van der Waals surface area contributed by atoms with Gasteiger partial charge in [0, 0.05) is 12.6 Å². The van der Waals surface area contributed by atoms with Crippen LogP contribution in [0, 0.1) is 5.41 Å². The molecule has 1 N–H and O–H groups in total. The highest BCUT2D eigenvalue weighted by Crippen LogP contribution is 2.26. The van der Waals surface area contributed by atoms with Crippen LogP contribution in [0.4, 0.5) is 0 Å². The molecule has 2 heteroatoms. The predicted octanol–water partition coefficient (Wildman–Crippen LogP) is 4.18. The molecular formula is C18H29NO. The Hall–Kier alpha value is -1.02. The summed E-state index contributed by atoms with van der Waals surface area (Å²) in [5, 5.41) is 3.64. The maximum atomic E-state index is 5.68. The van der Waals surface area contributed by atoms with Crippen molar-refractivity contribution in [3.05, 3.63) is 29.8 Å². The molecule has 0 atom stereocenters. The molecule has 0 aromatic heterocycles. The van der Waals surface area contributed by atoms with E-state index in [1.54, 1.807) is 0 Å². The second kappa shape index (κ2) is 6.62. The van der Waals surface area contributed by atoms with Gasteiger partial charge in [0.05, 0.1) is 6.10 Å². The molecule has 0 radical (unpaired) electrons. The van der Waals surface area contributed by atoms with Crippen LogP contribution in [-0.4, -0.2) is 18.7 Å². The van der Waals surface area contributed by atoms with E-state index in [-0.39, 0.29) is 6.10 Å². The normalized spacial score (nSPS) is 15.7. The fourth-order valence-corrected chi connectivity index (χ4v) is 2.29. The Morgan fingerprint density at radius 2 is 1.85 bits per heavy atom. The lowest BCUT2D eigenvalue weighted by molar-refractivity contribution is 0.242. The van der Waals surface area contributed by atoms with Gasteiger partial charge in [-0.3, -0.25) is 0 Å². The quantitative estimate of drug-likeness (QED) is 0.768. The number of hydrogen-bond acceptors (Lipinski definition) is 2. The molecule has 0 saturated heterocycles. The summed E-state index contributed by atoms with van der Waals surface area (Å²) >= 11 is 0. The van der Waals surface area contributed by atoms with Crippen molar-refractivity contribution in [1.29, 1.82) is 0 Å². The summed E-state index contributed by atoms with van der Waals surface area (Å²) in [5.41, 5.74) is 1.77. The van der Waals surface area contributed by atoms with Crippen molar-refractivity contribution >= 4 is 0 Å². The smallest absolute Gasteiger partial charge is 0.119 e. The third kappa shape index (κ3) is 5.54. The van der Waals surface area contributed by atoms with E-state index < -0.39 is 0 Å². The van der Waals surface area contributed by atoms with Crippen LogP contribution in [0.5, 0.6) is 5.75 Å². The summed E-state index contributed by atoms with van der Waals surface area (Å²) in [5.74, 6) is 0.971. The number of benzene rings is 1. The summed E-state index contributed by atoms with van der Waals surface area (Å²) in [6.07, 6.45) is 5.34. The highest BCUT2D eigenvalue weighted by atomic mass is 16.5. The average molecular weight is 275 g/mol. The van der Waals surface area contributed by atoms with Crippen molar-refractivity contribution in [1.82, 2.24) is 5.32 Å². The van der Waals surface area contributed by atoms with E-state index in [0.29, 0.717) is 5.41 Å². The van der Waals surface area contributed by atoms with E-state index in [1.807, 2.05) is 0 Å². The Kier molecular flexibility index (Phi) is 5.09. The van der Waals surface area contributed by atoms with Gasteiger partial charge >= 0.3 is 0 Å². The largest absolute Gasteiger partial charge is 0.491 e. The summed E-state index contributed by atoms with van der Waals surface area (Å²) in [6.45, 7) is 9.97. The van der Waals surface area contributed by atoms with Crippen molar-refractivity contribution in [3.8, 4) is 5.75 Å². The topological polar surface area (TPSA) is 21.3 Å². The van der Waals surface area contributed by atoms with Gasteiger partial charge < -0.3 is 10.1 Å². The van der Waals surface area contributed by atoms with E-state index in [2.05, 4.69) is 57.3 Å².